The summed E-state index contributed by atoms with van der Waals surface area (Å²) in [4.78, 5) is 26.8. The zero-order valence-electron chi connectivity index (χ0n) is 11.0. The van der Waals surface area contributed by atoms with Crippen LogP contribution < -0.4 is 11.1 Å². The minimum Gasteiger partial charge on any atom is -0.444 e. The van der Waals surface area contributed by atoms with Crippen LogP contribution >= 0.6 is 0 Å². The van der Waals surface area contributed by atoms with Crippen molar-refractivity contribution in [2.45, 2.75) is 19.4 Å². The molecule has 6 nitrogen and oxygen atoms in total. The maximum atomic E-state index is 11.7. The maximum absolute atomic E-state index is 11.7. The summed E-state index contributed by atoms with van der Waals surface area (Å²) in [6.45, 7) is 1.53. The second-order valence-electron chi connectivity index (χ2n) is 4.38. The molecule has 1 heterocycles. The largest absolute Gasteiger partial charge is 0.444 e. The highest BCUT2D eigenvalue weighted by molar-refractivity contribution is 5.86. The number of hydrogen-bond acceptors (Lipinski definition) is 4. The molecule has 0 bridgehead atoms. The summed E-state index contributed by atoms with van der Waals surface area (Å²) >= 11 is 0. The number of rotatable bonds is 5. The van der Waals surface area contributed by atoms with Gasteiger partial charge in [-0.2, -0.15) is 0 Å². The number of aromatic nitrogens is 1. The third-order valence-electron chi connectivity index (χ3n) is 2.72. The molecule has 1 aromatic carbocycles. The molecule has 0 aliphatic carbocycles. The van der Waals surface area contributed by atoms with Crippen LogP contribution in [0.3, 0.4) is 0 Å². The minimum absolute atomic E-state index is 0.0357. The second kappa shape index (κ2) is 6.01. The first-order chi connectivity index (χ1) is 9.56. The molecule has 0 saturated carbocycles. The molecule has 1 unspecified atom stereocenters. The molecule has 1 aromatic heterocycles. The van der Waals surface area contributed by atoms with Crippen molar-refractivity contribution in [1.82, 2.24) is 10.3 Å². The van der Waals surface area contributed by atoms with Crippen LogP contribution in [0.15, 0.2) is 41.0 Å². The Bertz CT molecular complexity index is 607. The Hall–Kier alpha value is -2.63. The molecular weight excluding hydrogens is 258 g/mol. The van der Waals surface area contributed by atoms with Crippen LogP contribution in [0.25, 0.3) is 11.5 Å². The van der Waals surface area contributed by atoms with E-state index in [9.17, 15) is 9.59 Å². The molecule has 2 rings (SSSR count). The maximum Gasteiger partial charge on any atom is 0.239 e. The van der Waals surface area contributed by atoms with Gasteiger partial charge in [0.05, 0.1) is 12.1 Å². The fourth-order valence-corrected chi connectivity index (χ4v) is 1.63. The number of hydrogen-bond donors (Lipinski definition) is 2. The number of nitrogens with one attached hydrogen (secondary N) is 1. The molecule has 0 aliphatic rings. The van der Waals surface area contributed by atoms with E-state index in [1.165, 1.54) is 13.2 Å². The molecular formula is C14H15N3O3. The Labute approximate surface area is 116 Å². The Morgan fingerprint density at radius 2 is 2.05 bits per heavy atom. The topological polar surface area (TPSA) is 98.2 Å². The van der Waals surface area contributed by atoms with Gasteiger partial charge in [0.1, 0.15) is 12.3 Å². The Morgan fingerprint density at radius 3 is 2.70 bits per heavy atom. The van der Waals surface area contributed by atoms with Crippen molar-refractivity contribution in [2.24, 2.45) is 5.73 Å². The van der Waals surface area contributed by atoms with Gasteiger partial charge in [-0.25, -0.2) is 4.98 Å². The van der Waals surface area contributed by atoms with Gasteiger partial charge < -0.3 is 15.5 Å². The van der Waals surface area contributed by atoms with Gasteiger partial charge in [0.2, 0.25) is 17.7 Å². The number of benzene rings is 1. The SMILES string of the molecule is CC(NC(=O)Cc1coc(-c2ccccc2)n1)C(N)=O. The van der Waals surface area contributed by atoms with E-state index in [0.29, 0.717) is 11.6 Å². The first-order valence-corrected chi connectivity index (χ1v) is 6.15. The highest BCUT2D eigenvalue weighted by Gasteiger charge is 2.14. The van der Waals surface area contributed by atoms with E-state index < -0.39 is 11.9 Å². The number of carbonyl (C=O) groups excluding carboxylic acids is 2. The lowest BCUT2D eigenvalue weighted by Crippen LogP contribution is -2.42. The van der Waals surface area contributed by atoms with Crippen LogP contribution in [0.1, 0.15) is 12.6 Å². The van der Waals surface area contributed by atoms with Crippen LogP contribution in [0.4, 0.5) is 0 Å². The van der Waals surface area contributed by atoms with Crippen molar-refractivity contribution in [3.8, 4) is 11.5 Å². The molecule has 6 heteroatoms. The first kappa shape index (κ1) is 13.8. The molecule has 104 valence electrons. The normalized spacial score (nSPS) is 11.8. The zero-order chi connectivity index (χ0) is 14.5. The number of amides is 2. The number of primary amides is 1. The lowest BCUT2D eigenvalue weighted by atomic mass is 10.2. The summed E-state index contributed by atoms with van der Waals surface area (Å²) in [6, 6.07) is 8.67. The lowest BCUT2D eigenvalue weighted by Gasteiger charge is -2.08. The average molecular weight is 273 g/mol. The Kier molecular flexibility index (Phi) is 4.14. The standard InChI is InChI=1S/C14H15N3O3/c1-9(13(15)19)16-12(18)7-11-8-20-14(17-11)10-5-3-2-4-6-10/h2-6,8-9H,7H2,1H3,(H2,15,19)(H,16,18). The van der Waals surface area contributed by atoms with Gasteiger partial charge in [-0.3, -0.25) is 9.59 Å². The molecule has 0 fully saturated rings. The van der Waals surface area contributed by atoms with Gasteiger partial charge in [-0.15, -0.1) is 0 Å². The summed E-state index contributed by atoms with van der Waals surface area (Å²) < 4.78 is 5.32. The van der Waals surface area contributed by atoms with Crippen LogP contribution in [0.5, 0.6) is 0 Å². The smallest absolute Gasteiger partial charge is 0.239 e. The van der Waals surface area contributed by atoms with Gasteiger partial charge >= 0.3 is 0 Å². The van der Waals surface area contributed by atoms with Gasteiger partial charge in [0.15, 0.2) is 0 Å². The van der Waals surface area contributed by atoms with E-state index in [4.69, 9.17) is 10.2 Å². The first-order valence-electron chi connectivity index (χ1n) is 6.15. The van der Waals surface area contributed by atoms with Crippen molar-refractivity contribution < 1.29 is 14.0 Å². The monoisotopic (exact) mass is 273 g/mol. The van der Waals surface area contributed by atoms with Crippen molar-refractivity contribution in [2.75, 3.05) is 0 Å². The van der Waals surface area contributed by atoms with Crippen molar-refractivity contribution in [3.05, 3.63) is 42.3 Å². The van der Waals surface area contributed by atoms with Gasteiger partial charge in [0, 0.05) is 5.56 Å². The highest BCUT2D eigenvalue weighted by atomic mass is 16.3. The van der Waals surface area contributed by atoms with E-state index in [-0.39, 0.29) is 12.3 Å². The number of nitrogens with zero attached hydrogens (tertiary/aromatic N) is 1. The third kappa shape index (κ3) is 3.44. The van der Waals surface area contributed by atoms with Crippen LogP contribution in [0.2, 0.25) is 0 Å². The van der Waals surface area contributed by atoms with Crippen LogP contribution in [-0.4, -0.2) is 22.8 Å². The molecule has 0 spiro atoms. The fraction of sp³-hybridized carbons (Fsp3) is 0.214. The van der Waals surface area contributed by atoms with E-state index in [1.54, 1.807) is 0 Å². The summed E-state index contributed by atoms with van der Waals surface area (Å²) in [5.41, 5.74) is 6.41. The number of carbonyl (C=O) groups is 2. The van der Waals surface area contributed by atoms with Gasteiger partial charge in [-0.05, 0) is 19.1 Å². The molecule has 0 radical (unpaired) electrons. The van der Waals surface area contributed by atoms with Crippen LogP contribution in [0, 0.1) is 0 Å². The van der Waals surface area contributed by atoms with E-state index in [0.717, 1.165) is 5.56 Å². The number of oxazole rings is 1. The number of nitrogens with two attached hydrogens (primary N) is 1. The summed E-state index contributed by atoms with van der Waals surface area (Å²) in [5.74, 6) is -0.455. The lowest BCUT2D eigenvalue weighted by molar-refractivity contribution is -0.126. The zero-order valence-corrected chi connectivity index (χ0v) is 11.0. The van der Waals surface area contributed by atoms with Gasteiger partial charge in [0.25, 0.3) is 0 Å². The second-order valence-corrected chi connectivity index (χ2v) is 4.38. The van der Waals surface area contributed by atoms with Crippen LogP contribution in [-0.2, 0) is 16.0 Å². The molecule has 20 heavy (non-hydrogen) atoms. The summed E-state index contributed by atoms with van der Waals surface area (Å²) in [5, 5.41) is 2.48. The Morgan fingerprint density at radius 1 is 1.35 bits per heavy atom. The average Bonchev–Trinajstić information content (AvgIpc) is 2.88. The molecule has 0 saturated heterocycles. The predicted octanol–water partition coefficient (Wildman–Crippen LogP) is 0.874. The molecule has 3 N–H and O–H groups in total. The molecule has 2 amide bonds. The third-order valence-corrected chi connectivity index (χ3v) is 2.72. The van der Waals surface area contributed by atoms with Crippen molar-refractivity contribution in [1.29, 1.82) is 0 Å². The molecule has 1 atom stereocenters. The fourth-order valence-electron chi connectivity index (χ4n) is 1.63. The predicted molar refractivity (Wildman–Crippen MR) is 72.4 cm³/mol. The Balaban J connectivity index is 2.00. The molecule has 0 aliphatic heterocycles. The minimum atomic E-state index is -0.706. The van der Waals surface area contributed by atoms with Gasteiger partial charge in [-0.1, -0.05) is 18.2 Å². The summed E-state index contributed by atoms with van der Waals surface area (Å²) in [7, 11) is 0. The van der Waals surface area contributed by atoms with E-state index in [2.05, 4.69) is 10.3 Å². The highest BCUT2D eigenvalue weighted by Crippen LogP contribution is 2.17. The quantitative estimate of drug-likeness (QED) is 0.844. The van der Waals surface area contributed by atoms with E-state index >= 15 is 0 Å². The van der Waals surface area contributed by atoms with Crippen molar-refractivity contribution in [3.63, 3.8) is 0 Å². The molecule has 2 aromatic rings. The van der Waals surface area contributed by atoms with E-state index in [1.807, 2.05) is 30.3 Å². The van der Waals surface area contributed by atoms with Crippen molar-refractivity contribution >= 4 is 11.8 Å². The summed E-state index contributed by atoms with van der Waals surface area (Å²) in [6.07, 6.45) is 1.46.